The zero-order chi connectivity index (χ0) is 16.5. The fourth-order valence-electron chi connectivity index (χ4n) is 3.06. The van der Waals surface area contributed by atoms with Gasteiger partial charge in [-0.25, -0.2) is 4.79 Å². The van der Waals surface area contributed by atoms with E-state index in [2.05, 4.69) is 5.32 Å². The van der Waals surface area contributed by atoms with Crippen LogP contribution in [0.4, 0.5) is 10.5 Å². The van der Waals surface area contributed by atoms with Crippen molar-refractivity contribution < 1.29 is 9.53 Å². The van der Waals surface area contributed by atoms with Crippen molar-refractivity contribution in [3.63, 3.8) is 0 Å². The Kier molecular flexibility index (Phi) is 3.43. The number of hydrogen-bond donors (Lipinski definition) is 1. The van der Waals surface area contributed by atoms with E-state index < -0.39 is 0 Å². The lowest BCUT2D eigenvalue weighted by molar-refractivity contribution is 0.255. The van der Waals surface area contributed by atoms with E-state index >= 15 is 0 Å². The van der Waals surface area contributed by atoms with E-state index in [9.17, 15) is 4.79 Å². The summed E-state index contributed by atoms with van der Waals surface area (Å²) >= 11 is 0. The van der Waals surface area contributed by atoms with Crippen LogP contribution in [0, 0.1) is 0 Å². The van der Waals surface area contributed by atoms with Gasteiger partial charge in [0.1, 0.15) is 5.75 Å². The standard InChI is InChI=1S/C20H16N2O2/c1-24-19-13-7-4-10-16(19)21-20(23)22-17-11-5-2-8-14(17)15-9-3-6-12-18(15)22/h2-13H,1H3,(H,21,23). The molecule has 0 aliphatic carbocycles. The van der Waals surface area contributed by atoms with Gasteiger partial charge in [0.15, 0.2) is 0 Å². The van der Waals surface area contributed by atoms with Crippen molar-refractivity contribution in [3.05, 3.63) is 72.8 Å². The topological polar surface area (TPSA) is 43.3 Å². The predicted molar refractivity (Wildman–Crippen MR) is 96.9 cm³/mol. The molecule has 0 fully saturated rings. The molecule has 0 aliphatic heterocycles. The fraction of sp³-hybridized carbons (Fsp3) is 0.0500. The van der Waals surface area contributed by atoms with E-state index in [1.54, 1.807) is 11.7 Å². The van der Waals surface area contributed by atoms with Gasteiger partial charge in [-0.05, 0) is 24.3 Å². The van der Waals surface area contributed by atoms with E-state index in [-0.39, 0.29) is 6.03 Å². The van der Waals surface area contributed by atoms with Crippen LogP contribution in [-0.4, -0.2) is 17.7 Å². The molecule has 0 bridgehead atoms. The van der Waals surface area contributed by atoms with Gasteiger partial charge in [-0.1, -0.05) is 48.5 Å². The molecule has 4 heteroatoms. The summed E-state index contributed by atoms with van der Waals surface area (Å²) in [6.45, 7) is 0. The number of carbonyl (C=O) groups is 1. The van der Waals surface area contributed by atoms with Crippen LogP contribution < -0.4 is 10.1 Å². The van der Waals surface area contributed by atoms with E-state index in [1.807, 2.05) is 72.8 Å². The zero-order valence-corrected chi connectivity index (χ0v) is 13.2. The van der Waals surface area contributed by atoms with Crippen LogP contribution in [0.3, 0.4) is 0 Å². The molecule has 0 saturated heterocycles. The number of carbonyl (C=O) groups excluding carboxylic acids is 1. The Morgan fingerprint density at radius 3 is 2.00 bits per heavy atom. The Bertz CT molecular complexity index is 997. The third-order valence-corrected chi connectivity index (χ3v) is 4.13. The number of rotatable bonds is 2. The highest BCUT2D eigenvalue weighted by Crippen LogP contribution is 2.30. The average Bonchev–Trinajstić information content (AvgIpc) is 2.97. The smallest absolute Gasteiger partial charge is 0.331 e. The number of ether oxygens (including phenoxy) is 1. The SMILES string of the molecule is COc1ccccc1NC(=O)n1c2ccccc2c2ccccc21. The summed E-state index contributed by atoms with van der Waals surface area (Å²) in [5.41, 5.74) is 2.41. The van der Waals surface area contributed by atoms with Gasteiger partial charge in [0.2, 0.25) is 0 Å². The molecule has 3 aromatic carbocycles. The number of fused-ring (bicyclic) bond motifs is 3. The molecular formula is C20H16N2O2. The first-order valence-electron chi connectivity index (χ1n) is 7.72. The van der Waals surface area contributed by atoms with Gasteiger partial charge in [0, 0.05) is 10.8 Å². The average molecular weight is 316 g/mol. The van der Waals surface area contributed by atoms with Crippen LogP contribution in [0.1, 0.15) is 0 Å². The normalized spacial score (nSPS) is 10.9. The second kappa shape index (κ2) is 5.74. The minimum Gasteiger partial charge on any atom is -0.495 e. The number of para-hydroxylation sites is 4. The Balaban J connectivity index is 1.87. The van der Waals surface area contributed by atoms with Gasteiger partial charge in [-0.3, -0.25) is 4.57 Å². The van der Waals surface area contributed by atoms with Crippen LogP contribution in [0.2, 0.25) is 0 Å². The van der Waals surface area contributed by atoms with Crippen molar-refractivity contribution in [2.24, 2.45) is 0 Å². The maximum Gasteiger partial charge on any atom is 0.331 e. The summed E-state index contributed by atoms with van der Waals surface area (Å²) in [6, 6.07) is 23.0. The predicted octanol–water partition coefficient (Wildman–Crippen LogP) is 4.88. The molecule has 1 heterocycles. The highest BCUT2D eigenvalue weighted by molar-refractivity contribution is 6.15. The number of anilines is 1. The van der Waals surface area contributed by atoms with Crippen LogP contribution in [-0.2, 0) is 0 Å². The van der Waals surface area contributed by atoms with Gasteiger partial charge < -0.3 is 10.1 Å². The molecule has 118 valence electrons. The Hall–Kier alpha value is -3.27. The third kappa shape index (κ3) is 2.20. The maximum atomic E-state index is 13.0. The molecule has 4 aromatic rings. The van der Waals surface area contributed by atoms with Gasteiger partial charge in [-0.2, -0.15) is 0 Å². The third-order valence-electron chi connectivity index (χ3n) is 4.13. The van der Waals surface area contributed by atoms with Gasteiger partial charge in [0.05, 0.1) is 23.8 Å². The monoisotopic (exact) mass is 316 g/mol. The summed E-state index contributed by atoms with van der Waals surface area (Å²) in [5.74, 6) is 0.631. The first-order valence-corrected chi connectivity index (χ1v) is 7.72. The molecule has 24 heavy (non-hydrogen) atoms. The maximum absolute atomic E-state index is 13.0. The quantitative estimate of drug-likeness (QED) is 0.572. The molecule has 0 aliphatic rings. The van der Waals surface area contributed by atoms with Crippen LogP contribution in [0.5, 0.6) is 5.75 Å². The van der Waals surface area contributed by atoms with Crippen molar-refractivity contribution in [1.29, 1.82) is 0 Å². The number of methoxy groups -OCH3 is 1. The molecule has 0 radical (unpaired) electrons. The van der Waals surface area contributed by atoms with E-state index in [0.717, 1.165) is 21.8 Å². The van der Waals surface area contributed by atoms with E-state index in [0.29, 0.717) is 11.4 Å². The van der Waals surface area contributed by atoms with Crippen LogP contribution in [0.15, 0.2) is 72.8 Å². The van der Waals surface area contributed by atoms with Crippen molar-refractivity contribution in [2.45, 2.75) is 0 Å². The summed E-state index contributed by atoms with van der Waals surface area (Å²) in [4.78, 5) is 13.0. The lowest BCUT2D eigenvalue weighted by atomic mass is 10.2. The van der Waals surface area contributed by atoms with E-state index in [4.69, 9.17) is 4.74 Å². The summed E-state index contributed by atoms with van der Waals surface area (Å²) in [7, 11) is 1.59. The highest BCUT2D eigenvalue weighted by Gasteiger charge is 2.16. The number of aromatic nitrogens is 1. The fourth-order valence-corrected chi connectivity index (χ4v) is 3.06. The Labute approximate surface area is 139 Å². The second-order valence-electron chi connectivity index (χ2n) is 5.50. The number of nitrogens with zero attached hydrogens (tertiary/aromatic N) is 1. The molecule has 0 spiro atoms. The zero-order valence-electron chi connectivity index (χ0n) is 13.2. The van der Waals surface area contributed by atoms with Gasteiger partial charge >= 0.3 is 6.03 Å². The highest BCUT2D eigenvalue weighted by atomic mass is 16.5. The van der Waals surface area contributed by atoms with E-state index in [1.165, 1.54) is 0 Å². The first-order chi connectivity index (χ1) is 11.8. The lowest BCUT2D eigenvalue weighted by Gasteiger charge is -2.11. The van der Waals surface area contributed by atoms with Crippen molar-refractivity contribution in [3.8, 4) is 5.75 Å². The minimum atomic E-state index is -0.211. The molecule has 4 rings (SSSR count). The Morgan fingerprint density at radius 1 is 0.833 bits per heavy atom. The molecular weight excluding hydrogens is 300 g/mol. The summed E-state index contributed by atoms with van der Waals surface area (Å²) in [6.07, 6.45) is 0. The molecule has 0 unspecified atom stereocenters. The largest absolute Gasteiger partial charge is 0.495 e. The Morgan fingerprint density at radius 2 is 1.38 bits per heavy atom. The van der Waals surface area contributed by atoms with Crippen LogP contribution in [0.25, 0.3) is 21.8 Å². The minimum absolute atomic E-state index is 0.211. The second-order valence-corrected chi connectivity index (χ2v) is 5.50. The lowest BCUT2D eigenvalue weighted by Crippen LogP contribution is -2.19. The van der Waals surface area contributed by atoms with Crippen molar-refractivity contribution >= 4 is 33.5 Å². The number of amides is 1. The molecule has 1 amide bonds. The van der Waals surface area contributed by atoms with Crippen molar-refractivity contribution in [1.82, 2.24) is 4.57 Å². The molecule has 1 N–H and O–H groups in total. The molecule has 0 saturated carbocycles. The number of nitrogens with one attached hydrogen (secondary N) is 1. The summed E-state index contributed by atoms with van der Waals surface area (Å²) in [5, 5.41) is 5.06. The molecule has 0 atom stereocenters. The molecule has 1 aromatic heterocycles. The van der Waals surface area contributed by atoms with Gasteiger partial charge in [-0.15, -0.1) is 0 Å². The van der Waals surface area contributed by atoms with Crippen LogP contribution >= 0.6 is 0 Å². The van der Waals surface area contributed by atoms with Crippen molar-refractivity contribution in [2.75, 3.05) is 12.4 Å². The van der Waals surface area contributed by atoms with Gasteiger partial charge in [0.25, 0.3) is 0 Å². The number of hydrogen-bond acceptors (Lipinski definition) is 2. The molecule has 4 nitrogen and oxygen atoms in total. The number of benzene rings is 3. The summed E-state index contributed by atoms with van der Waals surface area (Å²) < 4.78 is 7.02. The first kappa shape index (κ1) is 14.3.